The molecule has 13 nitrogen and oxygen atoms in total. The summed E-state index contributed by atoms with van der Waals surface area (Å²) in [7, 11) is 1.12. The second-order valence-corrected chi connectivity index (χ2v) is 6.86. The van der Waals surface area contributed by atoms with E-state index in [-0.39, 0.29) is 0 Å². The largest absolute Gasteiger partial charge is 0.479 e. The maximum absolute atomic E-state index is 11.5. The van der Waals surface area contributed by atoms with E-state index in [0.717, 1.165) is 7.11 Å². The Labute approximate surface area is 165 Å². The second-order valence-electron chi connectivity index (χ2n) is 6.86. The molecule has 0 radical (unpaired) electrons. The highest BCUT2D eigenvalue weighted by atomic mass is 16.7. The highest BCUT2D eigenvalue weighted by molar-refractivity contribution is 5.75. The van der Waals surface area contributed by atoms with Crippen molar-refractivity contribution in [1.29, 1.82) is 0 Å². The molecule has 2 heterocycles. The molecule has 0 aliphatic carbocycles. The third-order valence-corrected chi connectivity index (χ3v) is 4.83. The number of carbonyl (C=O) groups excluding carboxylic acids is 1. The van der Waals surface area contributed by atoms with Gasteiger partial charge in [-0.1, -0.05) is 0 Å². The molecule has 10 atom stereocenters. The second kappa shape index (κ2) is 9.30. The van der Waals surface area contributed by atoms with E-state index in [1.807, 2.05) is 0 Å². The maximum Gasteiger partial charge on any atom is 0.335 e. The van der Waals surface area contributed by atoms with Crippen LogP contribution in [0.3, 0.4) is 0 Å². The van der Waals surface area contributed by atoms with E-state index in [2.05, 4.69) is 5.32 Å². The fraction of sp³-hybridized carbons (Fsp3) is 0.812. The van der Waals surface area contributed by atoms with Crippen LogP contribution in [0.1, 0.15) is 13.8 Å². The van der Waals surface area contributed by atoms with Crippen LogP contribution in [-0.2, 0) is 33.3 Å². The Balaban J connectivity index is 2.31. The first-order chi connectivity index (χ1) is 13.5. The first-order valence-electron chi connectivity index (χ1n) is 8.75. The number of hydrogen-bond donors (Lipinski definition) is 6. The monoisotopic (exact) mass is 423 g/mol. The van der Waals surface area contributed by atoms with Crippen molar-refractivity contribution in [1.82, 2.24) is 5.32 Å². The smallest absolute Gasteiger partial charge is 0.335 e. The third kappa shape index (κ3) is 4.83. The lowest BCUT2D eigenvalue weighted by atomic mass is 9.92. The Kier molecular flexibility index (Phi) is 7.50. The average Bonchev–Trinajstić information content (AvgIpc) is 2.63. The summed E-state index contributed by atoms with van der Waals surface area (Å²) in [5.41, 5.74) is 0. The summed E-state index contributed by atoms with van der Waals surface area (Å²) in [6.07, 6.45) is -14.3. The predicted molar refractivity (Wildman–Crippen MR) is 89.6 cm³/mol. The van der Waals surface area contributed by atoms with Gasteiger partial charge in [0.25, 0.3) is 0 Å². The molecular formula is C16H25NO12. The summed E-state index contributed by atoms with van der Waals surface area (Å²) in [5.74, 6) is -3.53. The van der Waals surface area contributed by atoms with Crippen LogP contribution in [0.4, 0.5) is 0 Å². The van der Waals surface area contributed by atoms with Gasteiger partial charge in [0.1, 0.15) is 30.5 Å². The summed E-state index contributed by atoms with van der Waals surface area (Å²) >= 11 is 0. The molecule has 0 aromatic carbocycles. The van der Waals surface area contributed by atoms with Crippen LogP contribution in [-0.4, -0.2) is 112 Å². The summed E-state index contributed by atoms with van der Waals surface area (Å²) in [6.45, 7) is 2.62. The van der Waals surface area contributed by atoms with Gasteiger partial charge >= 0.3 is 11.9 Å². The molecule has 2 aliphatic rings. The summed E-state index contributed by atoms with van der Waals surface area (Å²) in [5, 5.41) is 51.9. The highest BCUT2D eigenvalue weighted by Gasteiger charge is 2.53. The number of ether oxygens (including phenoxy) is 4. The van der Waals surface area contributed by atoms with Crippen LogP contribution < -0.4 is 5.32 Å². The van der Waals surface area contributed by atoms with Crippen LogP contribution in [0, 0.1) is 0 Å². The van der Waals surface area contributed by atoms with E-state index in [0.29, 0.717) is 0 Å². The lowest BCUT2D eigenvalue weighted by Gasteiger charge is -2.46. The van der Waals surface area contributed by atoms with Gasteiger partial charge in [-0.15, -0.1) is 0 Å². The predicted octanol–water partition coefficient (Wildman–Crippen LogP) is -3.34. The Morgan fingerprint density at radius 1 is 0.897 bits per heavy atom. The fourth-order valence-electron chi connectivity index (χ4n) is 3.42. The van der Waals surface area contributed by atoms with Gasteiger partial charge in [-0.2, -0.15) is 0 Å². The zero-order valence-corrected chi connectivity index (χ0v) is 15.9. The zero-order chi connectivity index (χ0) is 22.0. The molecule has 2 rings (SSSR count). The number of nitrogens with one attached hydrogen (secondary N) is 1. The van der Waals surface area contributed by atoms with Crippen LogP contribution in [0.25, 0.3) is 0 Å². The number of amides is 1. The molecule has 2 fully saturated rings. The van der Waals surface area contributed by atoms with Crippen molar-refractivity contribution in [2.75, 3.05) is 7.11 Å². The first-order valence-corrected chi connectivity index (χ1v) is 8.75. The van der Waals surface area contributed by atoms with E-state index in [1.54, 1.807) is 0 Å². The molecule has 13 heteroatoms. The fourth-order valence-corrected chi connectivity index (χ4v) is 3.42. The highest BCUT2D eigenvalue weighted by Crippen LogP contribution is 2.30. The van der Waals surface area contributed by atoms with Crippen molar-refractivity contribution in [3.63, 3.8) is 0 Å². The Morgan fingerprint density at radius 3 is 1.97 bits per heavy atom. The van der Waals surface area contributed by atoms with Crippen LogP contribution in [0.15, 0.2) is 0 Å². The lowest BCUT2D eigenvalue weighted by molar-refractivity contribution is -0.326. The molecule has 0 spiro atoms. The van der Waals surface area contributed by atoms with Crippen molar-refractivity contribution in [2.24, 2.45) is 0 Å². The van der Waals surface area contributed by atoms with Crippen molar-refractivity contribution < 1.29 is 58.9 Å². The third-order valence-electron chi connectivity index (χ3n) is 4.83. The Hall–Kier alpha value is -1.87. The lowest BCUT2D eigenvalue weighted by Crippen LogP contribution is -2.68. The quantitative estimate of drug-likeness (QED) is 0.248. The number of carbonyl (C=O) groups is 3. The van der Waals surface area contributed by atoms with Gasteiger partial charge in [0.2, 0.25) is 5.91 Å². The molecule has 0 saturated carbocycles. The topological polar surface area (TPSA) is 201 Å². The average molecular weight is 423 g/mol. The minimum atomic E-state index is -1.81. The maximum atomic E-state index is 11.5. The van der Waals surface area contributed by atoms with Crippen molar-refractivity contribution >= 4 is 17.8 Å². The SMILES string of the molecule is COC1C(C(=O)O)OC(OC2C(O)C(C(=O)O)O[C@H](C)C2NC(C)=O)C(O)C1O. The van der Waals surface area contributed by atoms with Crippen LogP contribution in [0.5, 0.6) is 0 Å². The summed E-state index contributed by atoms with van der Waals surface area (Å²) in [6, 6.07) is -1.06. The van der Waals surface area contributed by atoms with Crippen LogP contribution in [0.2, 0.25) is 0 Å². The number of carboxylic acids is 2. The van der Waals surface area contributed by atoms with Crippen molar-refractivity contribution in [3.8, 4) is 0 Å². The van der Waals surface area contributed by atoms with Gasteiger partial charge in [0, 0.05) is 14.0 Å². The number of aliphatic carboxylic acids is 2. The van der Waals surface area contributed by atoms with Crippen LogP contribution >= 0.6 is 0 Å². The van der Waals surface area contributed by atoms with Gasteiger partial charge in [-0.3, -0.25) is 4.79 Å². The van der Waals surface area contributed by atoms with Crippen molar-refractivity contribution in [2.45, 2.75) is 75.0 Å². The Bertz CT molecular complexity index is 629. The molecule has 0 bridgehead atoms. The molecule has 6 N–H and O–H groups in total. The summed E-state index contributed by atoms with van der Waals surface area (Å²) in [4.78, 5) is 34.3. The molecule has 166 valence electrons. The van der Waals surface area contributed by atoms with E-state index < -0.39 is 79.0 Å². The molecule has 1 amide bonds. The minimum absolute atomic E-state index is 0.534. The van der Waals surface area contributed by atoms with Gasteiger partial charge in [0.05, 0.1) is 12.1 Å². The first kappa shape index (κ1) is 23.4. The number of aliphatic hydroxyl groups is 3. The Morgan fingerprint density at radius 2 is 1.48 bits per heavy atom. The standard InChI is InChI=1S/C16H25NO12/c1-4-6(17-5(2)18)10(9(21)12(27-4)14(22)23)28-16-8(20)7(19)11(26-3)13(29-16)15(24)25/h4,6-13,16,19-21H,1-3H3,(H,17,18)(H,22,23)(H,24,25)/t4-,6?,7?,8?,9?,10?,11?,12?,13?,16?/m1/s1. The number of rotatable bonds is 6. The summed E-state index contributed by atoms with van der Waals surface area (Å²) < 4.78 is 20.8. The van der Waals surface area contributed by atoms with E-state index in [9.17, 15) is 39.9 Å². The molecule has 2 aliphatic heterocycles. The molecule has 29 heavy (non-hydrogen) atoms. The number of aliphatic hydroxyl groups excluding tert-OH is 3. The number of hydrogen-bond acceptors (Lipinski definition) is 10. The molecule has 9 unspecified atom stereocenters. The molecular weight excluding hydrogens is 398 g/mol. The molecule has 2 saturated heterocycles. The van der Waals surface area contributed by atoms with Gasteiger partial charge < -0.3 is 49.8 Å². The van der Waals surface area contributed by atoms with Crippen molar-refractivity contribution in [3.05, 3.63) is 0 Å². The zero-order valence-electron chi connectivity index (χ0n) is 15.9. The normalized spacial score (nSPS) is 42.8. The number of carboxylic acid groups (broad SMARTS) is 2. The van der Waals surface area contributed by atoms with E-state index in [1.165, 1.54) is 13.8 Å². The van der Waals surface area contributed by atoms with Gasteiger partial charge in [0.15, 0.2) is 18.5 Å². The number of methoxy groups -OCH3 is 1. The molecule has 0 aromatic heterocycles. The minimum Gasteiger partial charge on any atom is -0.479 e. The van der Waals surface area contributed by atoms with Gasteiger partial charge in [-0.25, -0.2) is 9.59 Å². The van der Waals surface area contributed by atoms with Gasteiger partial charge in [-0.05, 0) is 6.92 Å². The van der Waals surface area contributed by atoms with E-state index in [4.69, 9.17) is 18.9 Å². The van der Waals surface area contributed by atoms with E-state index >= 15 is 0 Å². The molecule has 0 aromatic rings.